The summed E-state index contributed by atoms with van der Waals surface area (Å²) in [6.07, 6.45) is 1.83. The molecule has 0 atom stereocenters. The van der Waals surface area contributed by atoms with E-state index < -0.39 is 24.4 Å². The maximum atomic E-state index is 12.3. The molecule has 1 amide bonds. The van der Waals surface area contributed by atoms with E-state index in [1.54, 1.807) is 6.92 Å². The number of carbonyl (C=O) groups is 2. The van der Waals surface area contributed by atoms with Crippen LogP contribution < -0.4 is 5.32 Å². The third-order valence-electron chi connectivity index (χ3n) is 5.99. The Morgan fingerprint density at radius 3 is 2.12 bits per heavy atom. The lowest BCUT2D eigenvalue weighted by Gasteiger charge is -2.32. The minimum absolute atomic E-state index is 0.120. The molecule has 3 rings (SSSR count). The van der Waals surface area contributed by atoms with Crippen molar-refractivity contribution < 1.29 is 23.6 Å². The molecule has 6 nitrogen and oxygen atoms in total. The monoisotopic (exact) mass is 449 g/mol. The van der Waals surface area contributed by atoms with Gasteiger partial charge >= 0.3 is 13.2 Å². The lowest BCUT2D eigenvalue weighted by molar-refractivity contribution is -0.116. The Hall–Kier alpha value is -2.90. The molecule has 1 aliphatic heterocycles. The van der Waals surface area contributed by atoms with Crippen LogP contribution in [0.5, 0.6) is 0 Å². The van der Waals surface area contributed by atoms with Crippen LogP contribution in [0, 0.1) is 0 Å². The van der Waals surface area contributed by atoms with E-state index in [-0.39, 0.29) is 18.9 Å². The standard InChI is InChI=1S/C26H32BNO5/c1-19(29)15-20-11-13-21(14-12-20)16-23(27-32-25(2,3)26(4,5)33-27)17-28-24(30)31-18-22-9-7-6-8-10-22/h6-14,16H,15,17-18H2,1-5H3,(H,28,30). The second-order valence-corrected chi connectivity index (χ2v) is 9.34. The summed E-state index contributed by atoms with van der Waals surface area (Å²) < 4.78 is 17.8. The number of rotatable bonds is 8. The summed E-state index contributed by atoms with van der Waals surface area (Å²) in [7, 11) is -0.610. The quantitative estimate of drug-likeness (QED) is 0.589. The molecule has 0 aliphatic carbocycles. The minimum atomic E-state index is -0.610. The Balaban J connectivity index is 1.72. The van der Waals surface area contributed by atoms with E-state index in [0.29, 0.717) is 6.42 Å². The highest BCUT2D eigenvalue weighted by Crippen LogP contribution is 2.38. The first-order valence-electron chi connectivity index (χ1n) is 11.1. The highest BCUT2D eigenvalue weighted by Gasteiger charge is 2.52. The summed E-state index contributed by atoms with van der Waals surface area (Å²) in [6.45, 7) is 9.93. The third kappa shape index (κ3) is 6.79. The van der Waals surface area contributed by atoms with Crippen molar-refractivity contribution in [3.63, 3.8) is 0 Å². The molecule has 2 aromatic carbocycles. The molecule has 1 aliphatic rings. The van der Waals surface area contributed by atoms with Crippen LogP contribution in [0.3, 0.4) is 0 Å². The van der Waals surface area contributed by atoms with E-state index in [1.165, 1.54) is 0 Å². The van der Waals surface area contributed by atoms with E-state index in [1.807, 2.05) is 88.4 Å². The summed E-state index contributed by atoms with van der Waals surface area (Å²) >= 11 is 0. The van der Waals surface area contributed by atoms with Gasteiger partial charge in [0.25, 0.3) is 0 Å². The molecule has 0 bridgehead atoms. The van der Waals surface area contributed by atoms with Crippen LogP contribution in [0.1, 0.15) is 51.3 Å². The highest BCUT2D eigenvalue weighted by atomic mass is 16.7. The Morgan fingerprint density at radius 1 is 0.939 bits per heavy atom. The fraction of sp³-hybridized carbons (Fsp3) is 0.385. The number of benzene rings is 2. The van der Waals surface area contributed by atoms with Gasteiger partial charge in [-0.1, -0.05) is 60.7 Å². The molecule has 2 aromatic rings. The van der Waals surface area contributed by atoms with Crippen molar-refractivity contribution in [2.75, 3.05) is 6.54 Å². The van der Waals surface area contributed by atoms with Gasteiger partial charge in [-0.2, -0.15) is 0 Å². The van der Waals surface area contributed by atoms with E-state index in [2.05, 4.69) is 5.32 Å². The van der Waals surface area contributed by atoms with Gasteiger partial charge in [0, 0.05) is 13.0 Å². The zero-order valence-electron chi connectivity index (χ0n) is 20.0. The Bertz CT molecular complexity index is 983. The molecule has 7 heteroatoms. The minimum Gasteiger partial charge on any atom is -0.445 e. The van der Waals surface area contributed by atoms with Gasteiger partial charge in [-0.15, -0.1) is 0 Å². The normalized spacial score (nSPS) is 17.0. The average molecular weight is 449 g/mol. The van der Waals surface area contributed by atoms with E-state index in [9.17, 15) is 9.59 Å². The maximum absolute atomic E-state index is 12.3. The van der Waals surface area contributed by atoms with Crippen molar-refractivity contribution in [3.8, 4) is 0 Å². The lowest BCUT2D eigenvalue weighted by Crippen LogP contribution is -2.41. The van der Waals surface area contributed by atoms with Crippen molar-refractivity contribution >= 4 is 25.1 Å². The number of amides is 1. The third-order valence-corrected chi connectivity index (χ3v) is 5.99. The van der Waals surface area contributed by atoms with Gasteiger partial charge in [0.15, 0.2) is 0 Å². The van der Waals surface area contributed by atoms with Gasteiger partial charge < -0.3 is 19.4 Å². The van der Waals surface area contributed by atoms with Gasteiger partial charge in [-0.25, -0.2) is 4.79 Å². The van der Waals surface area contributed by atoms with Crippen molar-refractivity contribution in [3.05, 3.63) is 76.8 Å². The van der Waals surface area contributed by atoms with E-state index in [0.717, 1.165) is 22.2 Å². The summed E-state index contributed by atoms with van der Waals surface area (Å²) in [5.74, 6) is 0.120. The molecule has 174 valence electrons. The number of ether oxygens (including phenoxy) is 1. The molecule has 1 heterocycles. The molecule has 0 spiro atoms. The number of ketones is 1. The van der Waals surface area contributed by atoms with Crippen LogP contribution in [-0.2, 0) is 31.9 Å². The fourth-order valence-electron chi connectivity index (χ4n) is 3.38. The largest absolute Gasteiger partial charge is 0.492 e. The average Bonchev–Trinajstić information content (AvgIpc) is 2.98. The van der Waals surface area contributed by atoms with Crippen LogP contribution in [-0.4, -0.2) is 36.7 Å². The Kier molecular flexibility index (Phi) is 7.77. The van der Waals surface area contributed by atoms with E-state index >= 15 is 0 Å². The van der Waals surface area contributed by atoms with Gasteiger partial charge in [0.2, 0.25) is 0 Å². The topological polar surface area (TPSA) is 73.9 Å². The first-order chi connectivity index (χ1) is 15.6. The fourth-order valence-corrected chi connectivity index (χ4v) is 3.38. The highest BCUT2D eigenvalue weighted by molar-refractivity contribution is 6.56. The van der Waals surface area contributed by atoms with Gasteiger partial charge in [0.1, 0.15) is 12.4 Å². The molecule has 0 radical (unpaired) electrons. The van der Waals surface area contributed by atoms with Gasteiger partial charge in [-0.3, -0.25) is 4.79 Å². The first kappa shape index (κ1) is 24.7. The van der Waals surface area contributed by atoms with Crippen molar-refractivity contribution in [2.45, 2.75) is 58.8 Å². The molecule has 0 aromatic heterocycles. The zero-order chi connectivity index (χ0) is 24.1. The molecule has 0 unspecified atom stereocenters. The number of nitrogens with one attached hydrogen (secondary N) is 1. The van der Waals surface area contributed by atoms with Crippen molar-refractivity contribution in [1.29, 1.82) is 0 Å². The van der Waals surface area contributed by atoms with Crippen molar-refractivity contribution in [1.82, 2.24) is 5.32 Å². The summed E-state index contributed by atoms with van der Waals surface area (Å²) in [5.41, 5.74) is 2.56. The Morgan fingerprint density at radius 2 is 1.55 bits per heavy atom. The van der Waals surface area contributed by atoms with Crippen LogP contribution in [0.2, 0.25) is 0 Å². The van der Waals surface area contributed by atoms with Crippen LogP contribution in [0.4, 0.5) is 4.79 Å². The number of carbonyl (C=O) groups excluding carboxylic acids is 2. The summed E-state index contributed by atoms with van der Waals surface area (Å²) in [6, 6.07) is 17.3. The molecule has 33 heavy (non-hydrogen) atoms. The second-order valence-electron chi connectivity index (χ2n) is 9.34. The summed E-state index contributed by atoms with van der Waals surface area (Å²) in [5, 5.41) is 2.81. The predicted octanol–water partition coefficient (Wildman–Crippen LogP) is 4.76. The van der Waals surface area contributed by atoms with E-state index in [4.69, 9.17) is 14.0 Å². The maximum Gasteiger partial charge on any atom is 0.492 e. The lowest BCUT2D eigenvalue weighted by atomic mass is 9.77. The summed E-state index contributed by atoms with van der Waals surface area (Å²) in [4.78, 5) is 23.7. The van der Waals surface area contributed by atoms with Crippen LogP contribution in [0.25, 0.3) is 6.08 Å². The second kappa shape index (κ2) is 10.4. The van der Waals surface area contributed by atoms with Gasteiger partial charge in [-0.05, 0) is 56.8 Å². The van der Waals surface area contributed by atoms with Crippen LogP contribution in [0.15, 0.2) is 60.1 Å². The number of hydrogen-bond acceptors (Lipinski definition) is 5. The number of hydrogen-bond donors (Lipinski definition) is 1. The molecular weight excluding hydrogens is 417 g/mol. The predicted molar refractivity (Wildman–Crippen MR) is 130 cm³/mol. The number of Topliss-reactive ketones (excluding diaryl/α,β-unsaturated/α-hetero) is 1. The molecule has 1 saturated heterocycles. The molecule has 1 fully saturated rings. The van der Waals surface area contributed by atoms with Gasteiger partial charge in [0.05, 0.1) is 11.2 Å². The molecule has 1 N–H and O–H groups in total. The first-order valence-corrected chi connectivity index (χ1v) is 11.1. The smallest absolute Gasteiger partial charge is 0.445 e. The molecule has 0 saturated carbocycles. The number of alkyl carbamates (subject to hydrolysis) is 1. The SMILES string of the molecule is CC(=O)Cc1ccc(C=C(CNC(=O)OCc2ccccc2)B2OC(C)(C)C(C)(C)O2)cc1. The van der Waals surface area contributed by atoms with Crippen molar-refractivity contribution in [2.24, 2.45) is 0 Å². The van der Waals surface area contributed by atoms with Crippen LogP contribution >= 0.6 is 0 Å². The zero-order valence-corrected chi connectivity index (χ0v) is 20.0. The Labute approximate surface area is 196 Å². The molecular formula is C26H32BNO5.